The van der Waals surface area contributed by atoms with Crippen LogP contribution in [0.4, 0.5) is 5.13 Å². The summed E-state index contributed by atoms with van der Waals surface area (Å²) in [4.78, 5) is 8.66. The third-order valence-electron chi connectivity index (χ3n) is 4.08. The maximum absolute atomic E-state index is 4.80. The Bertz CT molecular complexity index is 398. The summed E-state index contributed by atoms with van der Waals surface area (Å²) in [5.41, 5.74) is 1.19. The Labute approximate surface area is 121 Å². The van der Waals surface area contributed by atoms with E-state index >= 15 is 0 Å². The first-order chi connectivity index (χ1) is 9.15. The molecule has 2 rings (SSSR count). The molecule has 1 heterocycles. The molecule has 1 N–H and O–H groups in total. The maximum Gasteiger partial charge on any atom is 0.185 e. The van der Waals surface area contributed by atoms with Gasteiger partial charge >= 0.3 is 0 Å². The molecule has 108 valence electrons. The highest BCUT2D eigenvalue weighted by Gasteiger charge is 2.23. The molecule has 1 aromatic heterocycles. The Balaban J connectivity index is 2.07. The molecule has 0 spiro atoms. The fourth-order valence-electron chi connectivity index (χ4n) is 2.66. The van der Waals surface area contributed by atoms with Crippen LogP contribution in [0.5, 0.6) is 0 Å². The van der Waals surface area contributed by atoms with Gasteiger partial charge in [-0.3, -0.25) is 0 Å². The summed E-state index contributed by atoms with van der Waals surface area (Å²) in [5.74, 6) is 0.902. The van der Waals surface area contributed by atoms with Crippen LogP contribution in [-0.4, -0.2) is 24.6 Å². The van der Waals surface area contributed by atoms with Crippen molar-refractivity contribution in [3.63, 3.8) is 0 Å². The number of nitrogens with one attached hydrogen (secondary N) is 1. The van der Waals surface area contributed by atoms with Gasteiger partial charge in [0.15, 0.2) is 5.13 Å². The van der Waals surface area contributed by atoms with Crippen LogP contribution in [0, 0.1) is 12.8 Å². The molecule has 0 amide bonds. The van der Waals surface area contributed by atoms with Crippen LogP contribution < -0.4 is 10.2 Å². The van der Waals surface area contributed by atoms with Gasteiger partial charge in [0, 0.05) is 24.0 Å². The first-order valence-electron chi connectivity index (χ1n) is 7.61. The van der Waals surface area contributed by atoms with E-state index in [1.165, 1.54) is 41.5 Å². The van der Waals surface area contributed by atoms with Gasteiger partial charge in [0.1, 0.15) is 0 Å². The predicted octanol–water partition coefficient (Wildman–Crippen LogP) is 3.75. The number of hydrogen-bond donors (Lipinski definition) is 1. The number of rotatable bonds is 7. The Morgan fingerprint density at radius 3 is 2.68 bits per heavy atom. The van der Waals surface area contributed by atoms with E-state index in [1.54, 1.807) is 0 Å². The molecule has 0 radical (unpaired) electrons. The van der Waals surface area contributed by atoms with Crippen LogP contribution in [0.3, 0.4) is 0 Å². The SMILES string of the molecule is CCNC(C)c1sc(N(CC)CC2CCC2)nc1C. The van der Waals surface area contributed by atoms with Crippen molar-refractivity contribution in [2.45, 2.75) is 53.0 Å². The quantitative estimate of drug-likeness (QED) is 0.825. The molecule has 0 aromatic carbocycles. The van der Waals surface area contributed by atoms with Gasteiger partial charge in [0.25, 0.3) is 0 Å². The van der Waals surface area contributed by atoms with Crippen molar-refractivity contribution in [3.05, 3.63) is 10.6 Å². The predicted molar refractivity (Wildman–Crippen MR) is 84.2 cm³/mol. The molecular formula is C15H27N3S. The number of hydrogen-bond acceptors (Lipinski definition) is 4. The molecule has 0 saturated heterocycles. The minimum absolute atomic E-state index is 0.415. The first-order valence-corrected chi connectivity index (χ1v) is 8.43. The third-order valence-corrected chi connectivity index (χ3v) is 5.48. The topological polar surface area (TPSA) is 28.2 Å². The highest BCUT2D eigenvalue weighted by atomic mass is 32.1. The largest absolute Gasteiger partial charge is 0.348 e. The summed E-state index contributed by atoms with van der Waals surface area (Å²) in [7, 11) is 0. The fourth-order valence-corrected chi connectivity index (χ4v) is 3.82. The molecule has 1 aromatic rings. The normalized spacial score (nSPS) is 17.3. The molecule has 0 bridgehead atoms. The minimum Gasteiger partial charge on any atom is -0.348 e. The lowest BCUT2D eigenvalue weighted by atomic mass is 9.85. The zero-order valence-electron chi connectivity index (χ0n) is 12.7. The summed E-state index contributed by atoms with van der Waals surface area (Å²) in [6.45, 7) is 12.0. The Morgan fingerprint density at radius 2 is 2.16 bits per heavy atom. The average Bonchev–Trinajstić information content (AvgIpc) is 2.70. The van der Waals surface area contributed by atoms with Gasteiger partial charge in [-0.2, -0.15) is 0 Å². The van der Waals surface area contributed by atoms with Crippen molar-refractivity contribution in [1.29, 1.82) is 0 Å². The molecule has 1 aliphatic carbocycles. The fraction of sp³-hybridized carbons (Fsp3) is 0.800. The van der Waals surface area contributed by atoms with Crippen molar-refractivity contribution in [3.8, 4) is 0 Å². The van der Waals surface area contributed by atoms with Crippen LogP contribution in [0.15, 0.2) is 0 Å². The van der Waals surface area contributed by atoms with Crippen molar-refractivity contribution in [2.75, 3.05) is 24.5 Å². The summed E-state index contributed by atoms with van der Waals surface area (Å²) >= 11 is 1.87. The van der Waals surface area contributed by atoms with Gasteiger partial charge in [0.2, 0.25) is 0 Å². The Kier molecular flexibility index (Phi) is 5.22. The zero-order valence-corrected chi connectivity index (χ0v) is 13.5. The van der Waals surface area contributed by atoms with E-state index in [1.807, 2.05) is 11.3 Å². The number of nitrogens with zero attached hydrogens (tertiary/aromatic N) is 2. The number of aromatic nitrogens is 1. The Morgan fingerprint density at radius 1 is 1.42 bits per heavy atom. The maximum atomic E-state index is 4.80. The zero-order chi connectivity index (χ0) is 13.8. The molecule has 0 aliphatic heterocycles. The molecule has 19 heavy (non-hydrogen) atoms. The standard InChI is InChI=1S/C15H27N3S/c1-5-16-11(3)14-12(4)17-15(19-14)18(6-2)10-13-8-7-9-13/h11,13,16H,5-10H2,1-4H3. The molecule has 1 fully saturated rings. The van der Waals surface area contributed by atoms with Gasteiger partial charge in [-0.25, -0.2) is 4.98 Å². The monoisotopic (exact) mass is 281 g/mol. The lowest BCUT2D eigenvalue weighted by Gasteiger charge is -2.31. The minimum atomic E-state index is 0.415. The van der Waals surface area contributed by atoms with Crippen molar-refractivity contribution in [1.82, 2.24) is 10.3 Å². The lowest BCUT2D eigenvalue weighted by Crippen LogP contribution is -2.32. The smallest absolute Gasteiger partial charge is 0.185 e. The van der Waals surface area contributed by atoms with Crippen LogP contribution in [-0.2, 0) is 0 Å². The molecule has 1 saturated carbocycles. The summed E-state index contributed by atoms with van der Waals surface area (Å²) in [5, 5.41) is 4.70. The van der Waals surface area contributed by atoms with Gasteiger partial charge in [0.05, 0.1) is 5.69 Å². The van der Waals surface area contributed by atoms with E-state index in [2.05, 4.69) is 37.9 Å². The third kappa shape index (κ3) is 3.48. The molecular weight excluding hydrogens is 254 g/mol. The van der Waals surface area contributed by atoms with E-state index in [4.69, 9.17) is 4.98 Å². The summed E-state index contributed by atoms with van der Waals surface area (Å²) in [6, 6.07) is 0.415. The molecule has 1 unspecified atom stereocenters. The van der Waals surface area contributed by atoms with Crippen LogP contribution in [0.25, 0.3) is 0 Å². The van der Waals surface area contributed by atoms with Crippen LogP contribution in [0.2, 0.25) is 0 Å². The van der Waals surface area contributed by atoms with Gasteiger partial charge in [-0.05, 0) is 46.1 Å². The van der Waals surface area contributed by atoms with Gasteiger partial charge in [-0.15, -0.1) is 11.3 Å². The second-order valence-corrected chi connectivity index (χ2v) is 6.57. The lowest BCUT2D eigenvalue weighted by molar-refractivity contribution is 0.318. The van der Waals surface area contributed by atoms with Gasteiger partial charge < -0.3 is 10.2 Å². The van der Waals surface area contributed by atoms with Gasteiger partial charge in [-0.1, -0.05) is 13.3 Å². The second-order valence-electron chi connectivity index (χ2n) is 5.56. The number of aryl methyl sites for hydroxylation is 1. The van der Waals surface area contributed by atoms with E-state index in [-0.39, 0.29) is 0 Å². The van der Waals surface area contributed by atoms with Crippen molar-refractivity contribution in [2.24, 2.45) is 5.92 Å². The highest BCUT2D eigenvalue weighted by molar-refractivity contribution is 7.15. The molecule has 1 aliphatic rings. The van der Waals surface area contributed by atoms with E-state index in [0.29, 0.717) is 6.04 Å². The summed E-state index contributed by atoms with van der Waals surface area (Å²) < 4.78 is 0. The number of anilines is 1. The average molecular weight is 281 g/mol. The van der Waals surface area contributed by atoms with Crippen molar-refractivity contribution < 1.29 is 0 Å². The second kappa shape index (κ2) is 6.71. The number of thiazole rings is 1. The van der Waals surface area contributed by atoms with E-state index in [0.717, 1.165) is 19.0 Å². The molecule has 3 nitrogen and oxygen atoms in total. The van der Waals surface area contributed by atoms with Crippen LogP contribution >= 0.6 is 11.3 Å². The molecule has 4 heteroatoms. The first kappa shape index (κ1) is 14.8. The van der Waals surface area contributed by atoms with Crippen molar-refractivity contribution >= 4 is 16.5 Å². The Hall–Kier alpha value is -0.610. The molecule has 1 atom stereocenters. The van der Waals surface area contributed by atoms with Crippen LogP contribution in [0.1, 0.15) is 56.6 Å². The summed E-state index contributed by atoms with van der Waals surface area (Å²) in [6.07, 6.45) is 4.23. The van der Waals surface area contributed by atoms with E-state index in [9.17, 15) is 0 Å². The van der Waals surface area contributed by atoms with E-state index < -0.39 is 0 Å². The highest BCUT2D eigenvalue weighted by Crippen LogP contribution is 2.33.